The molecule has 1 aliphatic rings. The fraction of sp³-hybridized carbons (Fsp3) is 0.933. The van der Waals surface area contributed by atoms with Crippen LogP contribution in [0.15, 0.2) is 0 Å². The first-order valence-corrected chi connectivity index (χ1v) is 7.83. The molecule has 0 radical (unpaired) electrons. The quantitative estimate of drug-likeness (QED) is 0.588. The van der Waals surface area contributed by atoms with Gasteiger partial charge >= 0.3 is 0 Å². The Hall–Kier alpha value is -0.570. The lowest BCUT2D eigenvalue weighted by atomic mass is 10.1. The highest BCUT2D eigenvalue weighted by Crippen LogP contribution is 2.17. The first-order valence-electron chi connectivity index (χ1n) is 7.83. The van der Waals surface area contributed by atoms with E-state index in [9.17, 15) is 4.79 Å². The number of rotatable bonds is 10. The molecule has 2 N–H and O–H groups in total. The van der Waals surface area contributed by atoms with Gasteiger partial charge in [-0.15, -0.1) is 0 Å². The van der Waals surface area contributed by atoms with Crippen molar-refractivity contribution in [3.8, 4) is 0 Å². The largest absolute Gasteiger partial charge is 0.352 e. The van der Waals surface area contributed by atoms with E-state index < -0.39 is 0 Å². The van der Waals surface area contributed by atoms with E-state index in [0.717, 1.165) is 6.54 Å². The number of amides is 1. The van der Waals surface area contributed by atoms with Crippen LogP contribution in [0.5, 0.6) is 0 Å². The summed E-state index contributed by atoms with van der Waals surface area (Å²) in [5.74, 6) is 0.174. The summed E-state index contributed by atoms with van der Waals surface area (Å²) >= 11 is 0. The van der Waals surface area contributed by atoms with Crippen LogP contribution in [0.3, 0.4) is 0 Å². The van der Waals surface area contributed by atoms with Crippen LogP contribution in [-0.4, -0.2) is 25.0 Å². The molecule has 0 aromatic carbocycles. The third-order valence-corrected chi connectivity index (χ3v) is 3.71. The molecular weight excluding hydrogens is 224 g/mol. The molecule has 1 fully saturated rings. The van der Waals surface area contributed by atoms with Gasteiger partial charge in [-0.2, -0.15) is 0 Å². The van der Waals surface area contributed by atoms with Crippen LogP contribution in [-0.2, 0) is 4.79 Å². The normalized spacial score (nSPS) is 16.1. The van der Waals surface area contributed by atoms with E-state index in [2.05, 4.69) is 17.6 Å². The molecule has 0 saturated heterocycles. The maximum Gasteiger partial charge on any atom is 0.234 e. The number of nitrogens with one attached hydrogen (secondary N) is 2. The average Bonchev–Trinajstić information content (AvgIpc) is 2.85. The molecule has 106 valence electrons. The second-order valence-electron chi connectivity index (χ2n) is 5.49. The number of carbonyl (C=O) groups excluding carboxylic acids is 1. The van der Waals surface area contributed by atoms with Crippen molar-refractivity contribution in [1.82, 2.24) is 10.6 Å². The van der Waals surface area contributed by atoms with E-state index in [4.69, 9.17) is 0 Å². The lowest BCUT2D eigenvalue weighted by Crippen LogP contribution is -2.39. The van der Waals surface area contributed by atoms with Gasteiger partial charge in [0, 0.05) is 6.04 Å². The number of unbranched alkanes of at least 4 members (excludes halogenated alkanes) is 5. The van der Waals surface area contributed by atoms with Crippen LogP contribution < -0.4 is 10.6 Å². The SMILES string of the molecule is CCCCCCCCNCC(=O)NC1CCCC1. The van der Waals surface area contributed by atoms with E-state index in [-0.39, 0.29) is 5.91 Å². The molecule has 0 heterocycles. The Labute approximate surface area is 112 Å². The van der Waals surface area contributed by atoms with Crippen LogP contribution in [0.1, 0.15) is 71.1 Å². The van der Waals surface area contributed by atoms with Crippen molar-refractivity contribution in [2.75, 3.05) is 13.1 Å². The minimum atomic E-state index is 0.174. The average molecular weight is 254 g/mol. The van der Waals surface area contributed by atoms with Crippen LogP contribution in [0, 0.1) is 0 Å². The molecule has 0 aliphatic heterocycles. The molecule has 1 aliphatic carbocycles. The molecule has 0 atom stereocenters. The Kier molecular flexibility index (Phi) is 8.92. The van der Waals surface area contributed by atoms with Gasteiger partial charge in [-0.3, -0.25) is 4.79 Å². The number of carbonyl (C=O) groups is 1. The predicted molar refractivity (Wildman–Crippen MR) is 76.6 cm³/mol. The zero-order valence-corrected chi connectivity index (χ0v) is 12.0. The van der Waals surface area contributed by atoms with Gasteiger partial charge in [0.25, 0.3) is 0 Å². The maximum atomic E-state index is 11.6. The molecule has 3 heteroatoms. The van der Waals surface area contributed by atoms with Crippen molar-refractivity contribution in [1.29, 1.82) is 0 Å². The molecule has 1 saturated carbocycles. The lowest BCUT2D eigenvalue weighted by molar-refractivity contribution is -0.120. The van der Waals surface area contributed by atoms with E-state index in [0.29, 0.717) is 12.6 Å². The summed E-state index contributed by atoms with van der Waals surface area (Å²) in [6.45, 7) is 3.71. The van der Waals surface area contributed by atoms with Crippen LogP contribution in [0.25, 0.3) is 0 Å². The Morgan fingerprint density at radius 1 is 1.06 bits per heavy atom. The number of hydrogen-bond acceptors (Lipinski definition) is 2. The molecule has 18 heavy (non-hydrogen) atoms. The van der Waals surface area contributed by atoms with Gasteiger partial charge < -0.3 is 10.6 Å². The van der Waals surface area contributed by atoms with Crippen LogP contribution >= 0.6 is 0 Å². The van der Waals surface area contributed by atoms with Gasteiger partial charge in [-0.25, -0.2) is 0 Å². The van der Waals surface area contributed by atoms with Gasteiger partial charge in [0.05, 0.1) is 6.54 Å². The summed E-state index contributed by atoms with van der Waals surface area (Å²) in [6, 6.07) is 0.452. The Bertz CT molecular complexity index is 213. The van der Waals surface area contributed by atoms with Crippen molar-refractivity contribution >= 4 is 5.91 Å². The molecule has 1 rings (SSSR count). The van der Waals surface area contributed by atoms with Crippen molar-refractivity contribution in [2.45, 2.75) is 77.2 Å². The summed E-state index contributed by atoms with van der Waals surface area (Å²) in [6.07, 6.45) is 12.7. The predicted octanol–water partition coefficient (Wildman–Crippen LogP) is 3.00. The highest BCUT2D eigenvalue weighted by molar-refractivity contribution is 5.78. The first-order chi connectivity index (χ1) is 8.83. The van der Waals surface area contributed by atoms with Crippen molar-refractivity contribution in [3.63, 3.8) is 0 Å². The Morgan fingerprint density at radius 3 is 2.44 bits per heavy atom. The van der Waals surface area contributed by atoms with Crippen molar-refractivity contribution < 1.29 is 4.79 Å². The highest BCUT2D eigenvalue weighted by Gasteiger charge is 2.16. The minimum absolute atomic E-state index is 0.174. The topological polar surface area (TPSA) is 41.1 Å². The van der Waals surface area contributed by atoms with Crippen molar-refractivity contribution in [3.05, 3.63) is 0 Å². The first kappa shape index (κ1) is 15.5. The molecule has 1 amide bonds. The zero-order valence-electron chi connectivity index (χ0n) is 12.0. The van der Waals surface area contributed by atoms with Gasteiger partial charge in [0.2, 0.25) is 5.91 Å². The second-order valence-corrected chi connectivity index (χ2v) is 5.49. The molecule has 0 aromatic heterocycles. The second kappa shape index (κ2) is 10.4. The molecule has 0 spiro atoms. The fourth-order valence-corrected chi connectivity index (χ4v) is 2.58. The third kappa shape index (κ3) is 7.70. The Morgan fingerprint density at radius 2 is 1.72 bits per heavy atom. The van der Waals surface area contributed by atoms with Crippen molar-refractivity contribution in [2.24, 2.45) is 0 Å². The molecule has 0 aromatic rings. The molecular formula is C15H30N2O. The van der Waals surface area contributed by atoms with E-state index >= 15 is 0 Å². The standard InChI is InChI=1S/C15H30N2O/c1-2-3-4-5-6-9-12-16-13-15(18)17-14-10-7-8-11-14/h14,16H,2-13H2,1H3,(H,17,18). The smallest absolute Gasteiger partial charge is 0.234 e. The summed E-state index contributed by atoms with van der Waals surface area (Å²) in [7, 11) is 0. The van der Waals surface area contributed by atoms with Crippen LogP contribution in [0.2, 0.25) is 0 Å². The molecule has 3 nitrogen and oxygen atoms in total. The van der Waals surface area contributed by atoms with Crippen LogP contribution in [0.4, 0.5) is 0 Å². The summed E-state index contributed by atoms with van der Waals surface area (Å²) in [5.41, 5.74) is 0. The monoisotopic (exact) mass is 254 g/mol. The number of hydrogen-bond donors (Lipinski definition) is 2. The third-order valence-electron chi connectivity index (χ3n) is 3.71. The van der Waals surface area contributed by atoms with E-state index in [1.54, 1.807) is 0 Å². The minimum Gasteiger partial charge on any atom is -0.352 e. The maximum absolute atomic E-state index is 11.6. The Balaban J connectivity index is 1.83. The van der Waals surface area contributed by atoms with E-state index in [1.807, 2.05) is 0 Å². The summed E-state index contributed by atoms with van der Waals surface area (Å²) in [4.78, 5) is 11.6. The van der Waals surface area contributed by atoms with Gasteiger partial charge in [-0.1, -0.05) is 51.9 Å². The van der Waals surface area contributed by atoms with E-state index in [1.165, 1.54) is 64.2 Å². The zero-order chi connectivity index (χ0) is 13.1. The van der Waals surface area contributed by atoms with Gasteiger partial charge in [0.1, 0.15) is 0 Å². The lowest BCUT2D eigenvalue weighted by Gasteiger charge is -2.12. The highest BCUT2D eigenvalue weighted by atomic mass is 16.1. The summed E-state index contributed by atoms with van der Waals surface area (Å²) < 4.78 is 0. The molecule has 0 bridgehead atoms. The van der Waals surface area contributed by atoms with Gasteiger partial charge in [-0.05, 0) is 25.8 Å². The fourth-order valence-electron chi connectivity index (χ4n) is 2.58. The van der Waals surface area contributed by atoms with Gasteiger partial charge in [0.15, 0.2) is 0 Å². The molecule has 0 unspecified atom stereocenters. The summed E-state index contributed by atoms with van der Waals surface area (Å²) in [5, 5.41) is 6.33.